The number of hydrogen-bond donors (Lipinski definition) is 1. The summed E-state index contributed by atoms with van der Waals surface area (Å²) in [5.41, 5.74) is 0.173. The van der Waals surface area contributed by atoms with E-state index in [4.69, 9.17) is 0 Å². The molecule has 132 valence electrons. The zero-order valence-electron chi connectivity index (χ0n) is 13.3. The zero-order chi connectivity index (χ0) is 18.1. The van der Waals surface area contributed by atoms with E-state index in [1.807, 2.05) is 0 Å². The van der Waals surface area contributed by atoms with Crippen LogP contribution < -0.4 is 5.32 Å². The van der Waals surface area contributed by atoms with Gasteiger partial charge in [-0.2, -0.15) is 13.2 Å². The van der Waals surface area contributed by atoms with Crippen LogP contribution in [0.2, 0.25) is 0 Å². The summed E-state index contributed by atoms with van der Waals surface area (Å²) in [4.78, 5) is 24.4. The molecule has 2 amide bonds. The molecule has 1 heterocycles. The molecular weight excluding hydrogens is 328 g/mol. The van der Waals surface area contributed by atoms with Gasteiger partial charge < -0.3 is 10.2 Å². The molecule has 0 aliphatic carbocycles. The summed E-state index contributed by atoms with van der Waals surface area (Å²) < 4.78 is 53.1. The van der Waals surface area contributed by atoms with Crippen molar-refractivity contribution in [3.05, 3.63) is 35.1 Å². The number of alkyl halides is 3. The van der Waals surface area contributed by atoms with E-state index in [0.29, 0.717) is 0 Å². The van der Waals surface area contributed by atoms with Gasteiger partial charge in [0.05, 0.1) is 0 Å². The first kappa shape index (κ1) is 18.2. The van der Waals surface area contributed by atoms with Crippen LogP contribution in [-0.4, -0.2) is 41.5 Å². The van der Waals surface area contributed by atoms with Crippen LogP contribution in [0.4, 0.5) is 17.6 Å². The molecule has 0 aromatic heterocycles. The Bertz CT molecular complexity index is 645. The van der Waals surface area contributed by atoms with Crippen LogP contribution in [0, 0.1) is 12.7 Å². The highest BCUT2D eigenvalue weighted by molar-refractivity contribution is 5.94. The number of aryl methyl sites for hydroxylation is 1. The molecule has 2 rings (SSSR count). The molecule has 1 aliphatic rings. The van der Waals surface area contributed by atoms with Gasteiger partial charge in [0.15, 0.2) is 0 Å². The van der Waals surface area contributed by atoms with Crippen LogP contribution in [0.15, 0.2) is 18.2 Å². The molecular formula is C16H18F4N2O2. The Morgan fingerprint density at radius 3 is 2.46 bits per heavy atom. The molecule has 0 saturated carbocycles. The highest BCUT2D eigenvalue weighted by atomic mass is 19.4. The third kappa shape index (κ3) is 4.04. The van der Waals surface area contributed by atoms with Gasteiger partial charge in [0.25, 0.3) is 5.91 Å². The maximum absolute atomic E-state index is 13.3. The van der Waals surface area contributed by atoms with E-state index in [-0.39, 0.29) is 36.4 Å². The van der Waals surface area contributed by atoms with Crippen LogP contribution >= 0.6 is 0 Å². The molecule has 0 bridgehead atoms. The number of rotatable bonds is 2. The lowest BCUT2D eigenvalue weighted by atomic mass is 9.96. The Morgan fingerprint density at radius 2 is 1.92 bits per heavy atom. The number of piperidine rings is 1. The van der Waals surface area contributed by atoms with E-state index >= 15 is 0 Å². The van der Waals surface area contributed by atoms with E-state index in [9.17, 15) is 27.2 Å². The van der Waals surface area contributed by atoms with Crippen molar-refractivity contribution in [1.29, 1.82) is 0 Å². The van der Waals surface area contributed by atoms with Gasteiger partial charge in [-0.05, 0) is 43.5 Å². The number of carbonyl (C=O) groups excluding carboxylic acids is 2. The van der Waals surface area contributed by atoms with Crippen molar-refractivity contribution >= 4 is 11.8 Å². The Kier molecular flexibility index (Phi) is 5.15. The van der Waals surface area contributed by atoms with Gasteiger partial charge in [-0.1, -0.05) is 0 Å². The highest BCUT2D eigenvalue weighted by Gasteiger charge is 2.48. The van der Waals surface area contributed by atoms with Crippen molar-refractivity contribution < 1.29 is 27.2 Å². The normalized spacial score (nSPS) is 21.5. The second-order valence-corrected chi connectivity index (χ2v) is 5.95. The Hall–Kier alpha value is -2.12. The van der Waals surface area contributed by atoms with Crippen LogP contribution in [0.3, 0.4) is 0 Å². The number of halogens is 4. The lowest BCUT2D eigenvalue weighted by molar-refractivity contribution is -0.184. The molecule has 0 spiro atoms. The molecule has 1 N–H and O–H groups in total. The summed E-state index contributed by atoms with van der Waals surface area (Å²) in [6.07, 6.45) is -4.72. The van der Waals surface area contributed by atoms with Crippen molar-refractivity contribution in [3.8, 4) is 0 Å². The first-order valence-corrected chi connectivity index (χ1v) is 7.50. The molecule has 1 fully saturated rings. The van der Waals surface area contributed by atoms with Gasteiger partial charge in [0, 0.05) is 25.1 Å². The molecule has 1 aromatic rings. The summed E-state index contributed by atoms with van der Waals surface area (Å²) >= 11 is 0. The molecule has 1 saturated heterocycles. The van der Waals surface area contributed by atoms with Crippen LogP contribution in [-0.2, 0) is 4.79 Å². The van der Waals surface area contributed by atoms with Gasteiger partial charge in [-0.25, -0.2) is 4.39 Å². The summed E-state index contributed by atoms with van der Waals surface area (Å²) in [6, 6.07) is 1.00. The number of nitrogens with zero attached hydrogens (tertiary/aromatic N) is 1. The minimum absolute atomic E-state index is 0.00775. The number of amides is 2. The smallest absolute Gasteiger partial charge is 0.352 e. The molecule has 2 atom stereocenters. The number of hydrogen-bond acceptors (Lipinski definition) is 2. The number of nitrogens with one attached hydrogen (secondary N) is 1. The zero-order valence-corrected chi connectivity index (χ0v) is 13.3. The number of carbonyl (C=O) groups is 2. The SMILES string of the molecule is CC(=O)N[C@H]1CC[C@H](C(F)(F)F)N(C(=O)c2ccc(F)c(C)c2)C1. The van der Waals surface area contributed by atoms with Crippen LogP contribution in [0.1, 0.15) is 35.7 Å². The highest BCUT2D eigenvalue weighted by Crippen LogP contribution is 2.33. The first-order chi connectivity index (χ1) is 11.1. The lowest BCUT2D eigenvalue weighted by Gasteiger charge is -2.40. The van der Waals surface area contributed by atoms with E-state index in [0.717, 1.165) is 11.0 Å². The van der Waals surface area contributed by atoms with E-state index in [2.05, 4.69) is 5.32 Å². The molecule has 24 heavy (non-hydrogen) atoms. The summed E-state index contributed by atoms with van der Waals surface area (Å²) in [7, 11) is 0. The second kappa shape index (κ2) is 6.78. The predicted molar refractivity (Wildman–Crippen MR) is 78.9 cm³/mol. The quantitative estimate of drug-likeness (QED) is 0.837. The fraction of sp³-hybridized carbons (Fsp3) is 0.500. The van der Waals surface area contributed by atoms with Crippen LogP contribution in [0.25, 0.3) is 0 Å². The average molecular weight is 346 g/mol. The van der Waals surface area contributed by atoms with Crippen molar-refractivity contribution in [2.75, 3.05) is 6.54 Å². The Morgan fingerprint density at radius 1 is 1.25 bits per heavy atom. The predicted octanol–water partition coefficient (Wildman–Crippen LogP) is 2.81. The fourth-order valence-electron chi connectivity index (χ4n) is 2.88. The Balaban J connectivity index is 2.29. The second-order valence-electron chi connectivity index (χ2n) is 5.95. The molecule has 1 aromatic carbocycles. The molecule has 1 aliphatic heterocycles. The van der Waals surface area contributed by atoms with E-state index in [1.165, 1.54) is 26.0 Å². The third-order valence-corrected chi connectivity index (χ3v) is 4.03. The van der Waals surface area contributed by atoms with Crippen molar-refractivity contribution in [3.63, 3.8) is 0 Å². The lowest BCUT2D eigenvalue weighted by Crippen LogP contribution is -2.58. The Labute approximate surface area is 136 Å². The van der Waals surface area contributed by atoms with E-state index in [1.54, 1.807) is 0 Å². The monoisotopic (exact) mass is 346 g/mol. The molecule has 8 heteroatoms. The fourth-order valence-corrected chi connectivity index (χ4v) is 2.88. The summed E-state index contributed by atoms with van der Waals surface area (Å²) in [6.45, 7) is 2.47. The third-order valence-electron chi connectivity index (χ3n) is 4.03. The maximum atomic E-state index is 13.3. The molecule has 0 radical (unpaired) electrons. The van der Waals surface area contributed by atoms with Crippen molar-refractivity contribution in [2.45, 2.75) is 44.9 Å². The molecule has 0 unspecified atom stereocenters. The van der Waals surface area contributed by atoms with Crippen molar-refractivity contribution in [1.82, 2.24) is 10.2 Å². The van der Waals surface area contributed by atoms with E-state index < -0.39 is 30.0 Å². The van der Waals surface area contributed by atoms with Crippen LogP contribution in [0.5, 0.6) is 0 Å². The average Bonchev–Trinajstić information content (AvgIpc) is 2.47. The van der Waals surface area contributed by atoms with Gasteiger partial charge >= 0.3 is 6.18 Å². The minimum atomic E-state index is -4.56. The standard InChI is InChI=1S/C16H18F4N2O2/c1-9-7-11(3-5-13(9)17)15(24)22-8-12(21-10(2)23)4-6-14(22)16(18,19)20/h3,5,7,12,14H,4,6,8H2,1-2H3,(H,21,23)/t12-,14+/m0/s1. The largest absolute Gasteiger partial charge is 0.408 e. The van der Waals surface area contributed by atoms with Gasteiger partial charge in [0.2, 0.25) is 5.91 Å². The number of likely N-dealkylation sites (tertiary alicyclic amines) is 1. The topological polar surface area (TPSA) is 49.4 Å². The summed E-state index contributed by atoms with van der Waals surface area (Å²) in [5.74, 6) is -1.72. The van der Waals surface area contributed by atoms with Gasteiger partial charge in [-0.15, -0.1) is 0 Å². The van der Waals surface area contributed by atoms with Gasteiger partial charge in [0.1, 0.15) is 11.9 Å². The molecule has 4 nitrogen and oxygen atoms in total. The number of benzene rings is 1. The summed E-state index contributed by atoms with van der Waals surface area (Å²) in [5, 5.41) is 2.55. The van der Waals surface area contributed by atoms with Gasteiger partial charge in [-0.3, -0.25) is 9.59 Å². The first-order valence-electron chi connectivity index (χ1n) is 7.50. The maximum Gasteiger partial charge on any atom is 0.408 e. The van der Waals surface area contributed by atoms with Crippen molar-refractivity contribution in [2.24, 2.45) is 0 Å². The minimum Gasteiger partial charge on any atom is -0.352 e.